The fourth-order valence-corrected chi connectivity index (χ4v) is 1.63. The number of rotatable bonds is 2. The lowest BCUT2D eigenvalue weighted by molar-refractivity contribution is 0.0997. The molecule has 4 N–H and O–H groups in total. The van der Waals surface area contributed by atoms with Crippen LogP contribution in [0.1, 0.15) is 34.2 Å². The van der Waals surface area contributed by atoms with Gasteiger partial charge in [-0.05, 0) is 32.4 Å². The van der Waals surface area contributed by atoms with Crippen LogP contribution in [0.4, 0.5) is 0 Å². The van der Waals surface area contributed by atoms with E-state index in [2.05, 4.69) is 9.97 Å². The highest BCUT2D eigenvalue weighted by atomic mass is 16.3. The molecule has 1 aromatic carbocycles. The Labute approximate surface area is 123 Å². The second kappa shape index (κ2) is 7.14. The summed E-state index contributed by atoms with van der Waals surface area (Å²) >= 11 is 0. The number of hydrogen-bond acceptors (Lipinski definition) is 5. The number of nitrogens with one attached hydrogen (secondary N) is 1. The van der Waals surface area contributed by atoms with Crippen LogP contribution in [0.15, 0.2) is 30.6 Å². The van der Waals surface area contributed by atoms with Crippen molar-refractivity contribution in [2.45, 2.75) is 20.8 Å². The maximum atomic E-state index is 10.6. The van der Waals surface area contributed by atoms with Crippen molar-refractivity contribution in [2.24, 2.45) is 5.73 Å². The lowest BCUT2D eigenvalue weighted by atomic mass is 10.1. The number of carbonyl (C=O) groups excluding carboxylic acids is 1. The summed E-state index contributed by atoms with van der Waals surface area (Å²) in [5.41, 5.74) is 7.77. The Kier molecular flexibility index (Phi) is 5.54. The van der Waals surface area contributed by atoms with Crippen LogP contribution in [-0.2, 0) is 0 Å². The van der Waals surface area contributed by atoms with Gasteiger partial charge in [0.1, 0.15) is 11.4 Å². The number of aromatic nitrogens is 2. The van der Waals surface area contributed by atoms with Gasteiger partial charge in [0.05, 0.1) is 17.0 Å². The number of benzene rings is 1. The molecule has 21 heavy (non-hydrogen) atoms. The SMILES string of the molecule is CC(=N)c1nccnc1C.Cc1cccc(C(N)=O)c1O. The summed E-state index contributed by atoms with van der Waals surface area (Å²) in [4.78, 5) is 18.6. The first kappa shape index (κ1) is 16.3. The van der Waals surface area contributed by atoms with Crippen LogP contribution in [0, 0.1) is 19.3 Å². The van der Waals surface area contributed by atoms with E-state index in [0.29, 0.717) is 17.0 Å². The van der Waals surface area contributed by atoms with Gasteiger partial charge in [0.25, 0.3) is 5.91 Å². The minimum atomic E-state index is -0.605. The van der Waals surface area contributed by atoms with Gasteiger partial charge in [-0.25, -0.2) is 0 Å². The Morgan fingerprint density at radius 3 is 2.29 bits per heavy atom. The van der Waals surface area contributed by atoms with E-state index in [1.54, 1.807) is 38.4 Å². The standard InChI is InChI=1S/C8H9NO2.C7H9N3/c1-5-3-2-4-6(7(5)10)8(9)11;1-5(8)7-6(2)9-3-4-10-7/h2-4,10H,1H3,(H2,9,11);3-4,8H,1-2H3. The van der Waals surface area contributed by atoms with Crippen molar-refractivity contribution in [3.8, 4) is 5.75 Å². The molecule has 110 valence electrons. The van der Waals surface area contributed by atoms with Gasteiger partial charge in [0, 0.05) is 12.4 Å². The van der Waals surface area contributed by atoms with Crippen molar-refractivity contribution in [2.75, 3.05) is 0 Å². The van der Waals surface area contributed by atoms with Crippen molar-refractivity contribution in [1.29, 1.82) is 5.41 Å². The summed E-state index contributed by atoms with van der Waals surface area (Å²) in [5, 5.41) is 16.5. The first-order chi connectivity index (χ1) is 9.84. The van der Waals surface area contributed by atoms with Crippen molar-refractivity contribution >= 4 is 11.6 Å². The summed E-state index contributed by atoms with van der Waals surface area (Å²) in [6.45, 7) is 5.26. The maximum Gasteiger partial charge on any atom is 0.252 e. The van der Waals surface area contributed by atoms with Gasteiger partial charge < -0.3 is 16.2 Å². The van der Waals surface area contributed by atoms with Crippen molar-refractivity contribution in [1.82, 2.24) is 9.97 Å². The molecule has 0 spiro atoms. The Morgan fingerprint density at radius 2 is 1.86 bits per heavy atom. The molecule has 0 saturated carbocycles. The van der Waals surface area contributed by atoms with Crippen LogP contribution in [0.3, 0.4) is 0 Å². The number of amides is 1. The van der Waals surface area contributed by atoms with Crippen LogP contribution in [0.25, 0.3) is 0 Å². The fourth-order valence-electron chi connectivity index (χ4n) is 1.63. The number of hydrogen-bond donors (Lipinski definition) is 3. The lowest BCUT2D eigenvalue weighted by Gasteiger charge is -2.01. The zero-order valence-corrected chi connectivity index (χ0v) is 12.2. The van der Waals surface area contributed by atoms with Gasteiger partial charge in [-0.1, -0.05) is 12.1 Å². The molecule has 0 aliphatic rings. The smallest absolute Gasteiger partial charge is 0.252 e. The first-order valence-corrected chi connectivity index (χ1v) is 6.26. The minimum absolute atomic E-state index is 0.0278. The van der Waals surface area contributed by atoms with Gasteiger partial charge in [0.15, 0.2) is 0 Å². The zero-order valence-electron chi connectivity index (χ0n) is 12.2. The molecule has 0 atom stereocenters. The summed E-state index contributed by atoms with van der Waals surface area (Å²) in [7, 11) is 0. The number of primary amides is 1. The molecule has 0 fully saturated rings. The molecule has 0 radical (unpaired) electrons. The number of aromatic hydroxyl groups is 1. The normalized spacial score (nSPS) is 9.48. The number of carbonyl (C=O) groups is 1. The summed E-state index contributed by atoms with van der Waals surface area (Å²) in [6, 6.07) is 4.88. The summed E-state index contributed by atoms with van der Waals surface area (Å²) in [6.07, 6.45) is 3.22. The molecule has 2 rings (SSSR count). The van der Waals surface area contributed by atoms with Gasteiger partial charge in [0.2, 0.25) is 0 Å². The van der Waals surface area contributed by atoms with E-state index in [0.717, 1.165) is 5.69 Å². The molecule has 1 amide bonds. The maximum absolute atomic E-state index is 10.6. The molecule has 1 aromatic heterocycles. The molecular formula is C15H18N4O2. The van der Waals surface area contributed by atoms with Gasteiger partial charge >= 0.3 is 0 Å². The molecule has 0 bridgehead atoms. The third-order valence-corrected chi connectivity index (χ3v) is 2.74. The van der Waals surface area contributed by atoms with Gasteiger partial charge in [-0.3, -0.25) is 14.8 Å². The summed E-state index contributed by atoms with van der Waals surface area (Å²) in [5.74, 6) is -0.633. The topological polar surface area (TPSA) is 113 Å². The Hall–Kier alpha value is -2.76. The third kappa shape index (κ3) is 4.38. The number of phenols is 1. The predicted octanol–water partition coefficient (Wildman–Crippen LogP) is 1.97. The molecule has 0 aliphatic heterocycles. The number of aryl methyl sites for hydroxylation is 2. The largest absolute Gasteiger partial charge is 0.507 e. The average molecular weight is 286 g/mol. The van der Waals surface area contributed by atoms with Crippen LogP contribution in [0.2, 0.25) is 0 Å². The van der Waals surface area contributed by atoms with Crippen molar-refractivity contribution in [3.63, 3.8) is 0 Å². The van der Waals surface area contributed by atoms with E-state index in [4.69, 9.17) is 11.1 Å². The molecular weight excluding hydrogens is 268 g/mol. The number of nitrogens with zero attached hydrogens (tertiary/aromatic N) is 2. The first-order valence-electron chi connectivity index (χ1n) is 6.26. The molecule has 0 unspecified atom stereocenters. The second-order valence-electron chi connectivity index (χ2n) is 4.45. The van der Waals surface area contributed by atoms with Crippen molar-refractivity contribution in [3.05, 3.63) is 53.1 Å². The van der Waals surface area contributed by atoms with Crippen LogP contribution in [-0.4, -0.2) is 26.7 Å². The zero-order chi connectivity index (χ0) is 16.0. The number of para-hydroxylation sites is 1. The van der Waals surface area contributed by atoms with Crippen LogP contribution in [0.5, 0.6) is 5.75 Å². The van der Waals surface area contributed by atoms with Gasteiger partial charge in [-0.15, -0.1) is 0 Å². The van der Waals surface area contributed by atoms with E-state index < -0.39 is 5.91 Å². The molecule has 0 aliphatic carbocycles. The van der Waals surface area contributed by atoms with E-state index >= 15 is 0 Å². The quantitative estimate of drug-likeness (QED) is 0.732. The highest BCUT2D eigenvalue weighted by Crippen LogP contribution is 2.20. The highest BCUT2D eigenvalue weighted by Gasteiger charge is 2.07. The number of nitrogens with two attached hydrogens (primary N) is 1. The van der Waals surface area contributed by atoms with E-state index in [1.807, 2.05) is 6.92 Å². The second-order valence-corrected chi connectivity index (χ2v) is 4.45. The minimum Gasteiger partial charge on any atom is -0.507 e. The van der Waals surface area contributed by atoms with Crippen LogP contribution >= 0.6 is 0 Å². The predicted molar refractivity (Wildman–Crippen MR) is 80.6 cm³/mol. The van der Waals surface area contributed by atoms with Gasteiger partial charge in [-0.2, -0.15) is 0 Å². The summed E-state index contributed by atoms with van der Waals surface area (Å²) < 4.78 is 0. The highest BCUT2D eigenvalue weighted by molar-refractivity contribution is 5.96. The average Bonchev–Trinajstić information content (AvgIpc) is 2.42. The third-order valence-electron chi connectivity index (χ3n) is 2.74. The molecule has 1 heterocycles. The Bertz CT molecular complexity index is 668. The van der Waals surface area contributed by atoms with E-state index in [-0.39, 0.29) is 11.3 Å². The molecule has 6 heteroatoms. The van der Waals surface area contributed by atoms with Crippen LogP contribution < -0.4 is 5.73 Å². The molecule has 0 saturated heterocycles. The Morgan fingerprint density at radius 1 is 1.24 bits per heavy atom. The van der Waals surface area contributed by atoms with E-state index in [9.17, 15) is 9.90 Å². The monoisotopic (exact) mass is 286 g/mol. The van der Waals surface area contributed by atoms with E-state index in [1.165, 1.54) is 6.07 Å². The Balaban J connectivity index is 0.000000211. The lowest BCUT2D eigenvalue weighted by Crippen LogP contribution is -2.11. The molecule has 6 nitrogen and oxygen atoms in total. The fraction of sp³-hybridized carbons (Fsp3) is 0.200. The van der Waals surface area contributed by atoms with Crippen molar-refractivity contribution < 1.29 is 9.90 Å². The molecule has 2 aromatic rings.